The summed E-state index contributed by atoms with van der Waals surface area (Å²) < 4.78 is 2.96. The monoisotopic (exact) mass is 450 g/mol. The summed E-state index contributed by atoms with van der Waals surface area (Å²) in [4.78, 5) is 4.51. The minimum Gasteiger partial charge on any atom is -0.329 e. The number of fused-ring (bicyclic) bond motifs is 1. The molecular formula is C13H6Br2Cl2N2S. The number of thiazole rings is 1. The van der Waals surface area contributed by atoms with Gasteiger partial charge in [-0.2, -0.15) is 0 Å². The van der Waals surface area contributed by atoms with Crippen LogP contribution in [0.2, 0.25) is 10.0 Å². The van der Waals surface area contributed by atoms with Gasteiger partial charge in [-0.15, -0.1) is 0 Å². The maximum atomic E-state index is 6.20. The lowest BCUT2D eigenvalue weighted by atomic mass is 10.3. The Bertz CT molecular complexity index is 781. The van der Waals surface area contributed by atoms with Crippen molar-refractivity contribution in [3.8, 4) is 0 Å². The number of halogens is 4. The summed E-state index contributed by atoms with van der Waals surface area (Å²) in [6.07, 6.45) is 0. The minimum atomic E-state index is 0.546. The molecule has 1 heterocycles. The van der Waals surface area contributed by atoms with Gasteiger partial charge in [-0.3, -0.25) is 0 Å². The first-order chi connectivity index (χ1) is 9.52. The van der Waals surface area contributed by atoms with E-state index in [1.165, 1.54) is 0 Å². The average molecular weight is 453 g/mol. The summed E-state index contributed by atoms with van der Waals surface area (Å²) in [7, 11) is 0. The van der Waals surface area contributed by atoms with E-state index in [9.17, 15) is 0 Å². The topological polar surface area (TPSA) is 24.9 Å². The molecule has 1 N–H and O–H groups in total. The largest absolute Gasteiger partial charge is 0.329 e. The second-order valence-electron chi connectivity index (χ2n) is 4.00. The fourth-order valence-corrected chi connectivity index (χ4v) is 4.45. The molecule has 0 unspecified atom stereocenters. The van der Waals surface area contributed by atoms with Gasteiger partial charge in [-0.1, -0.05) is 66.4 Å². The van der Waals surface area contributed by atoms with Gasteiger partial charge < -0.3 is 5.32 Å². The number of hydrogen-bond donors (Lipinski definition) is 1. The maximum Gasteiger partial charge on any atom is 0.188 e. The lowest BCUT2D eigenvalue weighted by molar-refractivity contribution is 1.44. The molecule has 0 radical (unpaired) electrons. The van der Waals surface area contributed by atoms with E-state index in [0.29, 0.717) is 15.7 Å². The van der Waals surface area contributed by atoms with E-state index < -0.39 is 0 Å². The molecule has 0 amide bonds. The van der Waals surface area contributed by atoms with Crippen molar-refractivity contribution in [3.05, 3.63) is 49.3 Å². The third-order valence-electron chi connectivity index (χ3n) is 2.59. The van der Waals surface area contributed by atoms with Crippen LogP contribution < -0.4 is 5.32 Å². The van der Waals surface area contributed by atoms with E-state index in [2.05, 4.69) is 42.2 Å². The molecule has 0 saturated carbocycles. The van der Waals surface area contributed by atoms with Crippen molar-refractivity contribution >= 4 is 87.4 Å². The minimum absolute atomic E-state index is 0.546. The van der Waals surface area contributed by atoms with E-state index in [1.807, 2.05) is 18.2 Å². The number of nitrogens with one attached hydrogen (secondary N) is 1. The Morgan fingerprint density at radius 2 is 1.70 bits per heavy atom. The molecule has 0 bridgehead atoms. The smallest absolute Gasteiger partial charge is 0.188 e. The molecule has 0 aliphatic rings. The van der Waals surface area contributed by atoms with Crippen LogP contribution in [0.1, 0.15) is 0 Å². The lowest BCUT2D eigenvalue weighted by Gasteiger charge is -2.08. The molecule has 0 aliphatic heterocycles. The predicted octanol–water partition coefficient (Wildman–Crippen LogP) is 6.87. The Morgan fingerprint density at radius 1 is 1.00 bits per heavy atom. The zero-order chi connectivity index (χ0) is 14.3. The predicted molar refractivity (Wildman–Crippen MR) is 94.8 cm³/mol. The van der Waals surface area contributed by atoms with Gasteiger partial charge in [0.25, 0.3) is 0 Å². The summed E-state index contributed by atoms with van der Waals surface area (Å²) in [5.41, 5.74) is 1.60. The van der Waals surface area contributed by atoms with Crippen molar-refractivity contribution in [3.63, 3.8) is 0 Å². The molecule has 102 valence electrons. The Kier molecular flexibility index (Phi) is 4.24. The second-order valence-corrected chi connectivity index (χ2v) is 7.68. The van der Waals surface area contributed by atoms with Crippen LogP contribution in [0.15, 0.2) is 39.3 Å². The number of nitrogens with zero attached hydrogens (tertiary/aromatic N) is 1. The molecule has 0 aliphatic carbocycles. The Morgan fingerprint density at radius 3 is 2.40 bits per heavy atom. The average Bonchev–Trinajstić information content (AvgIpc) is 2.75. The zero-order valence-electron chi connectivity index (χ0n) is 9.75. The molecule has 0 spiro atoms. The number of rotatable bonds is 2. The van der Waals surface area contributed by atoms with Crippen molar-refractivity contribution in [1.82, 2.24) is 4.98 Å². The van der Waals surface area contributed by atoms with E-state index in [4.69, 9.17) is 23.2 Å². The van der Waals surface area contributed by atoms with Gasteiger partial charge in [0.05, 0.1) is 25.9 Å². The second kappa shape index (κ2) is 5.81. The molecule has 7 heteroatoms. The Balaban J connectivity index is 2.01. The molecule has 3 aromatic rings. The van der Waals surface area contributed by atoms with E-state index in [-0.39, 0.29) is 0 Å². The van der Waals surface area contributed by atoms with Crippen LogP contribution in [0.5, 0.6) is 0 Å². The highest BCUT2D eigenvalue weighted by Gasteiger charge is 2.11. The summed E-state index contributed by atoms with van der Waals surface area (Å²) in [6.45, 7) is 0. The van der Waals surface area contributed by atoms with Crippen LogP contribution in [0, 0.1) is 0 Å². The first kappa shape index (κ1) is 14.6. The third-order valence-corrected chi connectivity index (χ3v) is 5.07. The van der Waals surface area contributed by atoms with Crippen molar-refractivity contribution in [2.45, 2.75) is 0 Å². The van der Waals surface area contributed by atoms with Crippen LogP contribution in [-0.4, -0.2) is 4.98 Å². The fourth-order valence-electron chi connectivity index (χ4n) is 1.72. The van der Waals surface area contributed by atoms with Crippen molar-refractivity contribution in [1.29, 1.82) is 0 Å². The van der Waals surface area contributed by atoms with Crippen molar-refractivity contribution in [2.75, 3.05) is 5.32 Å². The Labute approximate surface area is 146 Å². The van der Waals surface area contributed by atoms with Crippen LogP contribution in [0.4, 0.5) is 10.8 Å². The standard InChI is InChI=1S/C13H6Br2Cl2N2S/c14-6-1-2-10-11(5-6)20-13(18-10)19-12-8(16)3-7(15)4-9(12)17/h1-5H,(H,18,19). The van der Waals surface area contributed by atoms with Crippen LogP contribution in [-0.2, 0) is 0 Å². The summed E-state index contributed by atoms with van der Waals surface area (Å²) in [5, 5.41) is 5.03. The lowest BCUT2D eigenvalue weighted by Crippen LogP contribution is -1.91. The van der Waals surface area contributed by atoms with Crippen LogP contribution in [0.25, 0.3) is 10.2 Å². The van der Waals surface area contributed by atoms with Gasteiger partial charge >= 0.3 is 0 Å². The van der Waals surface area contributed by atoms with Gasteiger partial charge in [0.15, 0.2) is 5.13 Å². The summed E-state index contributed by atoms with van der Waals surface area (Å²) in [5.74, 6) is 0. The van der Waals surface area contributed by atoms with Crippen LogP contribution in [0.3, 0.4) is 0 Å². The van der Waals surface area contributed by atoms with Gasteiger partial charge in [0.1, 0.15) is 0 Å². The molecule has 2 aromatic carbocycles. The van der Waals surface area contributed by atoms with Gasteiger partial charge in [0.2, 0.25) is 0 Å². The summed E-state index contributed by atoms with van der Waals surface area (Å²) in [6, 6.07) is 9.54. The SMILES string of the molecule is Clc1cc(Br)cc(Cl)c1Nc1nc2ccc(Br)cc2s1. The van der Waals surface area contributed by atoms with Gasteiger partial charge in [-0.05, 0) is 30.3 Å². The molecule has 20 heavy (non-hydrogen) atoms. The first-order valence-electron chi connectivity index (χ1n) is 5.50. The molecule has 0 fully saturated rings. The molecular weight excluding hydrogens is 447 g/mol. The van der Waals surface area contributed by atoms with E-state index in [1.54, 1.807) is 23.5 Å². The normalized spacial score (nSPS) is 11.0. The zero-order valence-corrected chi connectivity index (χ0v) is 15.3. The molecule has 0 saturated heterocycles. The van der Waals surface area contributed by atoms with Gasteiger partial charge in [-0.25, -0.2) is 4.98 Å². The molecule has 2 nitrogen and oxygen atoms in total. The van der Waals surface area contributed by atoms with Gasteiger partial charge in [0, 0.05) is 8.95 Å². The third kappa shape index (κ3) is 2.97. The van der Waals surface area contributed by atoms with E-state index in [0.717, 1.165) is 24.3 Å². The fraction of sp³-hybridized carbons (Fsp3) is 0. The summed E-state index contributed by atoms with van der Waals surface area (Å²) >= 11 is 20.8. The highest BCUT2D eigenvalue weighted by atomic mass is 79.9. The number of aromatic nitrogens is 1. The molecule has 3 rings (SSSR count). The highest BCUT2D eigenvalue weighted by Crippen LogP contribution is 2.38. The van der Waals surface area contributed by atoms with Crippen LogP contribution >= 0.6 is 66.4 Å². The van der Waals surface area contributed by atoms with Crippen molar-refractivity contribution in [2.24, 2.45) is 0 Å². The first-order valence-corrected chi connectivity index (χ1v) is 8.66. The molecule has 1 aromatic heterocycles. The number of anilines is 2. The molecule has 0 atom stereocenters. The quantitative estimate of drug-likeness (QED) is 0.458. The maximum absolute atomic E-state index is 6.20. The van der Waals surface area contributed by atoms with E-state index >= 15 is 0 Å². The van der Waals surface area contributed by atoms with Crippen molar-refractivity contribution < 1.29 is 0 Å². The number of hydrogen-bond acceptors (Lipinski definition) is 3. The Hall–Kier alpha value is -0.330. The number of benzene rings is 2. The highest BCUT2D eigenvalue weighted by molar-refractivity contribution is 9.10.